The summed E-state index contributed by atoms with van der Waals surface area (Å²) in [4.78, 5) is 20.8. The summed E-state index contributed by atoms with van der Waals surface area (Å²) < 4.78 is 5.46. The number of carbonyl (C=O) groups excluding carboxylic acids is 1. The molecule has 0 radical (unpaired) electrons. The molecule has 4 aliphatic heterocycles. The third kappa shape index (κ3) is 6.50. The first kappa shape index (κ1) is 26.8. The Morgan fingerprint density at radius 2 is 1.67 bits per heavy atom. The highest BCUT2D eigenvalue weighted by Crippen LogP contribution is 2.43. The molecule has 6 nitrogen and oxygen atoms in total. The zero-order chi connectivity index (χ0) is 26.4. The smallest absolute Gasteiger partial charge is 0.220 e. The van der Waals surface area contributed by atoms with Gasteiger partial charge in [0.2, 0.25) is 5.91 Å². The van der Waals surface area contributed by atoms with Crippen LogP contribution < -0.4 is 10.2 Å². The van der Waals surface area contributed by atoms with E-state index in [9.17, 15) is 4.79 Å². The maximum atomic E-state index is 12.8. The molecule has 39 heavy (non-hydrogen) atoms. The number of likely N-dealkylation sites (tertiary alicyclic amines) is 1. The number of morpholine rings is 1. The fourth-order valence-electron chi connectivity index (χ4n) is 7.89. The lowest BCUT2D eigenvalue weighted by Crippen LogP contribution is -2.64. The normalized spacial score (nSPS) is 27.6. The quantitative estimate of drug-likeness (QED) is 0.510. The van der Waals surface area contributed by atoms with E-state index in [1.165, 1.54) is 56.6 Å². The largest absolute Gasteiger partial charge is 0.378 e. The Labute approximate surface area is 234 Å². The van der Waals surface area contributed by atoms with Crippen molar-refractivity contribution in [2.24, 2.45) is 11.8 Å². The van der Waals surface area contributed by atoms with Crippen LogP contribution >= 0.6 is 0 Å². The second kappa shape index (κ2) is 12.8. The lowest BCUT2D eigenvalue weighted by atomic mass is 9.69. The predicted molar refractivity (Wildman–Crippen MR) is 157 cm³/mol. The number of piperidine rings is 3. The Morgan fingerprint density at radius 1 is 0.897 bits per heavy atom. The van der Waals surface area contributed by atoms with Gasteiger partial charge in [0.15, 0.2) is 0 Å². The lowest BCUT2D eigenvalue weighted by molar-refractivity contribution is -0.121. The van der Waals surface area contributed by atoms with Crippen molar-refractivity contribution in [3.8, 4) is 0 Å². The number of amides is 1. The molecule has 6 heteroatoms. The SMILES string of the molecule is O=C(CCC[C@@H]1[C@H]2CCCN3CCC[C@@H](CN1Cc1ccccc1)[C@@H]23)NCc1ccc(N2CCOCC2)cc1. The van der Waals surface area contributed by atoms with Crippen molar-refractivity contribution in [3.05, 3.63) is 65.7 Å². The van der Waals surface area contributed by atoms with E-state index in [2.05, 4.69) is 74.6 Å². The van der Waals surface area contributed by atoms with Gasteiger partial charge in [-0.1, -0.05) is 42.5 Å². The summed E-state index contributed by atoms with van der Waals surface area (Å²) in [6.45, 7) is 8.92. The van der Waals surface area contributed by atoms with Gasteiger partial charge in [0.1, 0.15) is 0 Å². The third-order valence-corrected chi connectivity index (χ3v) is 9.71. The number of nitrogens with zero attached hydrogens (tertiary/aromatic N) is 3. The third-order valence-electron chi connectivity index (χ3n) is 9.71. The van der Waals surface area contributed by atoms with E-state index in [0.29, 0.717) is 19.0 Å². The van der Waals surface area contributed by atoms with Crippen LogP contribution in [0.15, 0.2) is 54.6 Å². The number of hydrogen-bond donors (Lipinski definition) is 1. The molecule has 4 saturated heterocycles. The summed E-state index contributed by atoms with van der Waals surface area (Å²) in [5.74, 6) is 1.73. The summed E-state index contributed by atoms with van der Waals surface area (Å²) in [6.07, 6.45) is 8.11. The topological polar surface area (TPSA) is 48.1 Å². The van der Waals surface area contributed by atoms with E-state index >= 15 is 0 Å². The summed E-state index contributed by atoms with van der Waals surface area (Å²) >= 11 is 0. The molecule has 2 aromatic carbocycles. The van der Waals surface area contributed by atoms with Crippen LogP contribution in [0.5, 0.6) is 0 Å². The van der Waals surface area contributed by atoms with Gasteiger partial charge in [-0.3, -0.25) is 14.6 Å². The zero-order valence-corrected chi connectivity index (χ0v) is 23.5. The number of anilines is 1. The summed E-state index contributed by atoms with van der Waals surface area (Å²) in [5.41, 5.74) is 3.82. The molecule has 0 spiro atoms. The van der Waals surface area contributed by atoms with E-state index in [0.717, 1.165) is 69.1 Å². The van der Waals surface area contributed by atoms with Gasteiger partial charge in [0.25, 0.3) is 0 Å². The number of benzene rings is 2. The molecule has 0 aromatic heterocycles. The summed E-state index contributed by atoms with van der Waals surface area (Å²) in [6, 6.07) is 21.0. The molecular formula is C33H46N4O2. The minimum absolute atomic E-state index is 0.179. The van der Waals surface area contributed by atoms with Crippen LogP contribution in [0.1, 0.15) is 56.1 Å². The van der Waals surface area contributed by atoms with E-state index in [1.54, 1.807) is 0 Å². The van der Waals surface area contributed by atoms with Crippen molar-refractivity contribution in [1.82, 2.24) is 15.1 Å². The van der Waals surface area contributed by atoms with Crippen LogP contribution in [-0.2, 0) is 22.6 Å². The predicted octanol–water partition coefficient (Wildman–Crippen LogP) is 4.68. The average Bonchev–Trinajstić information content (AvgIpc) is 2.99. The zero-order valence-electron chi connectivity index (χ0n) is 23.5. The number of nitrogens with one attached hydrogen (secondary N) is 1. The van der Waals surface area contributed by atoms with Gasteiger partial charge >= 0.3 is 0 Å². The van der Waals surface area contributed by atoms with Crippen molar-refractivity contribution in [1.29, 1.82) is 0 Å². The maximum absolute atomic E-state index is 12.8. The number of ether oxygens (including phenoxy) is 1. The minimum atomic E-state index is 0.179. The highest BCUT2D eigenvalue weighted by molar-refractivity contribution is 5.75. The van der Waals surface area contributed by atoms with Gasteiger partial charge in [0.05, 0.1) is 13.2 Å². The van der Waals surface area contributed by atoms with Crippen molar-refractivity contribution >= 4 is 11.6 Å². The number of hydrogen-bond acceptors (Lipinski definition) is 5. The van der Waals surface area contributed by atoms with E-state index < -0.39 is 0 Å². The molecule has 4 aliphatic rings. The van der Waals surface area contributed by atoms with Crippen molar-refractivity contribution < 1.29 is 9.53 Å². The van der Waals surface area contributed by atoms with Crippen LogP contribution in [0, 0.1) is 11.8 Å². The first-order valence-corrected chi connectivity index (χ1v) is 15.4. The van der Waals surface area contributed by atoms with Gasteiger partial charge < -0.3 is 15.0 Å². The molecular weight excluding hydrogens is 484 g/mol. The minimum Gasteiger partial charge on any atom is -0.378 e. The number of rotatable bonds is 9. The number of carbonyl (C=O) groups is 1. The second-order valence-electron chi connectivity index (χ2n) is 12.2. The monoisotopic (exact) mass is 530 g/mol. The summed E-state index contributed by atoms with van der Waals surface area (Å²) in [7, 11) is 0. The molecule has 0 bridgehead atoms. The molecule has 2 aromatic rings. The molecule has 1 N–H and O–H groups in total. The fraction of sp³-hybridized carbons (Fsp3) is 0.606. The van der Waals surface area contributed by atoms with Crippen LogP contribution in [0.2, 0.25) is 0 Å². The first-order valence-electron chi connectivity index (χ1n) is 15.4. The van der Waals surface area contributed by atoms with Gasteiger partial charge in [-0.05, 0) is 86.7 Å². The van der Waals surface area contributed by atoms with Gasteiger partial charge in [-0.2, -0.15) is 0 Å². The average molecular weight is 531 g/mol. The van der Waals surface area contributed by atoms with Crippen LogP contribution in [0.3, 0.4) is 0 Å². The Morgan fingerprint density at radius 3 is 2.46 bits per heavy atom. The molecule has 4 fully saturated rings. The Bertz CT molecular complexity index is 1050. The van der Waals surface area contributed by atoms with Crippen molar-refractivity contribution in [2.45, 2.75) is 70.1 Å². The fourth-order valence-corrected chi connectivity index (χ4v) is 7.89. The van der Waals surface area contributed by atoms with Crippen molar-refractivity contribution in [2.75, 3.05) is 50.8 Å². The maximum Gasteiger partial charge on any atom is 0.220 e. The first-order chi connectivity index (χ1) is 19.2. The Balaban J connectivity index is 1.03. The molecule has 0 unspecified atom stereocenters. The molecule has 4 heterocycles. The second-order valence-corrected chi connectivity index (χ2v) is 12.2. The van der Waals surface area contributed by atoms with Gasteiger partial charge in [-0.15, -0.1) is 0 Å². The highest BCUT2D eigenvalue weighted by Gasteiger charge is 2.48. The molecule has 210 valence electrons. The molecule has 0 aliphatic carbocycles. The highest BCUT2D eigenvalue weighted by atomic mass is 16.5. The van der Waals surface area contributed by atoms with Crippen LogP contribution in [0.25, 0.3) is 0 Å². The Kier molecular flexibility index (Phi) is 8.82. The van der Waals surface area contributed by atoms with E-state index in [1.807, 2.05) is 0 Å². The molecule has 4 atom stereocenters. The lowest BCUT2D eigenvalue weighted by Gasteiger charge is -2.57. The van der Waals surface area contributed by atoms with Gasteiger partial charge in [0, 0.05) is 56.9 Å². The van der Waals surface area contributed by atoms with Gasteiger partial charge in [-0.25, -0.2) is 0 Å². The Hall–Kier alpha value is -2.41. The summed E-state index contributed by atoms with van der Waals surface area (Å²) in [5, 5.41) is 3.18. The van der Waals surface area contributed by atoms with Crippen LogP contribution in [-0.4, -0.2) is 73.7 Å². The van der Waals surface area contributed by atoms with E-state index in [-0.39, 0.29) is 5.91 Å². The van der Waals surface area contributed by atoms with Crippen LogP contribution in [0.4, 0.5) is 5.69 Å². The standard InChI is InChI=1S/C33H46N4O2/c38-32(34-23-26-13-15-29(16-14-26)35-19-21-39-22-20-35)12-4-11-31-30-10-6-18-36-17-5-9-28(33(30)36)25-37(31)24-27-7-2-1-3-8-27/h1-3,7-8,13-16,28,30-31,33H,4-6,9-12,17-25H2,(H,34,38)/t28-,30+,31+,33-/m0/s1. The van der Waals surface area contributed by atoms with E-state index in [4.69, 9.17) is 4.74 Å². The molecule has 6 rings (SSSR count). The van der Waals surface area contributed by atoms with Crippen molar-refractivity contribution in [3.63, 3.8) is 0 Å². The molecule has 0 saturated carbocycles. The molecule has 1 amide bonds.